The van der Waals surface area contributed by atoms with Crippen LogP contribution in [0.2, 0.25) is 5.15 Å². The van der Waals surface area contributed by atoms with Gasteiger partial charge < -0.3 is 14.8 Å². The molecule has 1 atom stereocenters. The smallest absolute Gasteiger partial charge is 0.137 e. The maximum atomic E-state index is 6.13. The van der Waals surface area contributed by atoms with Crippen molar-refractivity contribution in [1.82, 2.24) is 9.97 Å². The van der Waals surface area contributed by atoms with E-state index in [1.54, 1.807) is 14.2 Å². The molecule has 5 nitrogen and oxygen atoms in total. The van der Waals surface area contributed by atoms with Crippen LogP contribution < -0.4 is 5.32 Å². The van der Waals surface area contributed by atoms with Crippen LogP contribution in [0.4, 0.5) is 5.82 Å². The number of ether oxygens (including phenoxy) is 2. The van der Waals surface area contributed by atoms with E-state index < -0.39 is 0 Å². The van der Waals surface area contributed by atoms with E-state index in [1.807, 2.05) is 20.8 Å². The van der Waals surface area contributed by atoms with Gasteiger partial charge in [-0.15, -0.1) is 0 Å². The Morgan fingerprint density at radius 3 is 2.47 bits per heavy atom. The summed E-state index contributed by atoms with van der Waals surface area (Å²) >= 11 is 6.13. The standard InChI is InChI=1S/C13H22ClN3O2/c1-8(2)12-16-11(14)9(3)13(17-12)15-6-10(19-5)7-18-4/h8,10H,6-7H2,1-5H3,(H,15,16,17). The number of hydrogen-bond acceptors (Lipinski definition) is 5. The lowest BCUT2D eigenvalue weighted by molar-refractivity contribution is 0.0365. The van der Waals surface area contributed by atoms with Crippen molar-refractivity contribution in [3.8, 4) is 0 Å². The molecular weight excluding hydrogens is 266 g/mol. The Morgan fingerprint density at radius 1 is 1.26 bits per heavy atom. The van der Waals surface area contributed by atoms with Gasteiger partial charge in [0.1, 0.15) is 16.8 Å². The van der Waals surface area contributed by atoms with Crippen LogP contribution in [0.15, 0.2) is 0 Å². The van der Waals surface area contributed by atoms with E-state index in [1.165, 1.54) is 0 Å². The molecule has 1 unspecified atom stereocenters. The molecule has 0 spiro atoms. The molecule has 1 aromatic rings. The van der Waals surface area contributed by atoms with Gasteiger partial charge in [0.2, 0.25) is 0 Å². The number of methoxy groups -OCH3 is 2. The summed E-state index contributed by atoms with van der Waals surface area (Å²) in [6.07, 6.45) is -0.0272. The number of halogens is 1. The van der Waals surface area contributed by atoms with Crippen molar-refractivity contribution in [2.75, 3.05) is 32.7 Å². The van der Waals surface area contributed by atoms with Crippen molar-refractivity contribution in [2.24, 2.45) is 0 Å². The summed E-state index contributed by atoms with van der Waals surface area (Å²) in [7, 11) is 3.31. The average Bonchev–Trinajstić information content (AvgIpc) is 2.38. The van der Waals surface area contributed by atoms with Crippen molar-refractivity contribution in [3.63, 3.8) is 0 Å². The van der Waals surface area contributed by atoms with Crippen LogP contribution in [0.1, 0.15) is 31.2 Å². The van der Waals surface area contributed by atoms with Crippen LogP contribution in [0.3, 0.4) is 0 Å². The Bertz CT molecular complexity index is 413. The molecule has 0 radical (unpaired) electrons. The van der Waals surface area contributed by atoms with Gasteiger partial charge in [-0.05, 0) is 6.92 Å². The molecule has 0 aromatic carbocycles. The van der Waals surface area contributed by atoms with Gasteiger partial charge >= 0.3 is 0 Å². The summed E-state index contributed by atoms with van der Waals surface area (Å²) < 4.78 is 10.4. The van der Waals surface area contributed by atoms with Gasteiger partial charge in [-0.25, -0.2) is 9.97 Å². The minimum atomic E-state index is -0.0272. The zero-order chi connectivity index (χ0) is 14.4. The van der Waals surface area contributed by atoms with E-state index >= 15 is 0 Å². The van der Waals surface area contributed by atoms with E-state index in [0.717, 1.165) is 17.2 Å². The monoisotopic (exact) mass is 287 g/mol. The van der Waals surface area contributed by atoms with Crippen molar-refractivity contribution in [3.05, 3.63) is 16.5 Å². The Morgan fingerprint density at radius 2 is 1.95 bits per heavy atom. The number of rotatable bonds is 7. The predicted molar refractivity (Wildman–Crippen MR) is 77.0 cm³/mol. The van der Waals surface area contributed by atoms with E-state index in [9.17, 15) is 0 Å². The molecule has 0 fully saturated rings. The Balaban J connectivity index is 2.82. The molecule has 0 saturated heterocycles. The van der Waals surface area contributed by atoms with Gasteiger partial charge in [0, 0.05) is 32.2 Å². The van der Waals surface area contributed by atoms with Crippen LogP contribution in [0, 0.1) is 6.92 Å². The molecule has 0 aliphatic rings. The minimum Gasteiger partial charge on any atom is -0.382 e. The topological polar surface area (TPSA) is 56.3 Å². The number of aromatic nitrogens is 2. The fourth-order valence-electron chi connectivity index (χ4n) is 1.54. The fraction of sp³-hybridized carbons (Fsp3) is 0.692. The Labute approximate surface area is 119 Å². The first kappa shape index (κ1) is 16.1. The van der Waals surface area contributed by atoms with Gasteiger partial charge in [-0.3, -0.25) is 0 Å². The molecule has 1 N–H and O–H groups in total. The second-order valence-corrected chi connectivity index (χ2v) is 5.05. The molecule has 1 heterocycles. The lowest BCUT2D eigenvalue weighted by Crippen LogP contribution is -2.27. The van der Waals surface area contributed by atoms with Crippen LogP contribution in [-0.2, 0) is 9.47 Å². The molecular formula is C13H22ClN3O2. The highest BCUT2D eigenvalue weighted by molar-refractivity contribution is 6.30. The summed E-state index contributed by atoms with van der Waals surface area (Å²) in [6.45, 7) is 7.10. The first-order valence-electron chi connectivity index (χ1n) is 6.29. The second kappa shape index (κ2) is 7.62. The van der Waals surface area contributed by atoms with E-state index in [2.05, 4.69) is 15.3 Å². The molecule has 1 aromatic heterocycles. The predicted octanol–water partition coefficient (Wildman–Crippen LogP) is 2.64. The lowest BCUT2D eigenvalue weighted by Gasteiger charge is -2.17. The zero-order valence-corrected chi connectivity index (χ0v) is 12.9. The third kappa shape index (κ3) is 4.60. The quantitative estimate of drug-likeness (QED) is 0.781. The molecule has 0 aliphatic heterocycles. The molecule has 0 bridgehead atoms. The van der Waals surface area contributed by atoms with Gasteiger partial charge in [0.05, 0.1) is 12.7 Å². The average molecular weight is 288 g/mol. The maximum Gasteiger partial charge on any atom is 0.137 e. The highest BCUT2D eigenvalue weighted by Gasteiger charge is 2.13. The maximum absolute atomic E-state index is 6.13. The largest absolute Gasteiger partial charge is 0.382 e. The van der Waals surface area contributed by atoms with Crippen LogP contribution in [0.5, 0.6) is 0 Å². The summed E-state index contributed by atoms with van der Waals surface area (Å²) in [4.78, 5) is 8.77. The van der Waals surface area contributed by atoms with E-state index in [-0.39, 0.29) is 12.0 Å². The summed E-state index contributed by atoms with van der Waals surface area (Å²) in [5.41, 5.74) is 0.846. The Kier molecular flexibility index (Phi) is 6.48. The summed E-state index contributed by atoms with van der Waals surface area (Å²) in [6, 6.07) is 0. The molecule has 6 heteroatoms. The SMILES string of the molecule is COCC(CNc1nc(C(C)C)nc(Cl)c1C)OC. The van der Waals surface area contributed by atoms with E-state index in [0.29, 0.717) is 18.3 Å². The summed E-state index contributed by atoms with van der Waals surface area (Å²) in [5, 5.41) is 3.73. The second-order valence-electron chi connectivity index (χ2n) is 4.69. The highest BCUT2D eigenvalue weighted by Crippen LogP contribution is 2.22. The zero-order valence-electron chi connectivity index (χ0n) is 12.2. The Hall–Kier alpha value is -0.910. The highest BCUT2D eigenvalue weighted by atomic mass is 35.5. The number of nitrogens with one attached hydrogen (secondary N) is 1. The molecule has 0 amide bonds. The van der Waals surface area contributed by atoms with Crippen LogP contribution in [0.25, 0.3) is 0 Å². The van der Waals surface area contributed by atoms with Crippen molar-refractivity contribution in [2.45, 2.75) is 32.8 Å². The first-order chi connectivity index (χ1) is 8.99. The normalized spacial score (nSPS) is 12.8. The minimum absolute atomic E-state index is 0.0272. The summed E-state index contributed by atoms with van der Waals surface area (Å²) in [5.74, 6) is 1.72. The van der Waals surface area contributed by atoms with Crippen molar-refractivity contribution in [1.29, 1.82) is 0 Å². The van der Waals surface area contributed by atoms with Gasteiger partial charge in [-0.1, -0.05) is 25.4 Å². The number of hydrogen-bond donors (Lipinski definition) is 1. The molecule has 19 heavy (non-hydrogen) atoms. The van der Waals surface area contributed by atoms with Crippen molar-refractivity contribution < 1.29 is 9.47 Å². The van der Waals surface area contributed by atoms with Crippen LogP contribution in [-0.4, -0.2) is 43.4 Å². The molecule has 108 valence electrons. The first-order valence-corrected chi connectivity index (χ1v) is 6.67. The third-order valence-electron chi connectivity index (χ3n) is 2.80. The molecule has 1 rings (SSSR count). The van der Waals surface area contributed by atoms with E-state index in [4.69, 9.17) is 21.1 Å². The van der Waals surface area contributed by atoms with Gasteiger partial charge in [0.25, 0.3) is 0 Å². The fourth-order valence-corrected chi connectivity index (χ4v) is 1.72. The van der Waals surface area contributed by atoms with Crippen molar-refractivity contribution >= 4 is 17.4 Å². The molecule has 0 saturated carbocycles. The molecule has 0 aliphatic carbocycles. The van der Waals surface area contributed by atoms with Crippen LogP contribution >= 0.6 is 11.6 Å². The number of anilines is 1. The van der Waals surface area contributed by atoms with Gasteiger partial charge in [-0.2, -0.15) is 0 Å². The lowest BCUT2D eigenvalue weighted by atomic mass is 10.2. The third-order valence-corrected chi connectivity index (χ3v) is 3.17. The number of nitrogens with zero attached hydrogens (tertiary/aromatic N) is 2. The van der Waals surface area contributed by atoms with Gasteiger partial charge in [0.15, 0.2) is 0 Å².